The average molecular weight is 336 g/mol. The molecule has 2 heterocycles. The number of nitrogens with one attached hydrogen (secondary N) is 1. The smallest absolute Gasteiger partial charge is 0.263 e. The van der Waals surface area contributed by atoms with Crippen LogP contribution in [0.2, 0.25) is 0 Å². The van der Waals surface area contributed by atoms with Crippen LogP contribution in [0.4, 0.5) is 0 Å². The quantitative estimate of drug-likeness (QED) is 0.930. The second-order valence-electron chi connectivity index (χ2n) is 5.37. The molecule has 1 saturated heterocycles. The molecule has 1 atom stereocenters. The van der Waals surface area contributed by atoms with Gasteiger partial charge in [0.05, 0.1) is 17.2 Å². The standard InChI is InChI=1S/C15H16N2O3S2/c1-10-13(14(18)17-12-7-8-22(19,20)9-12)21-15(16-10)11-5-3-2-4-6-11/h2-6,12H,7-9H2,1H3,(H,17,18)/t12-/m0/s1. The molecule has 2 aromatic rings. The molecule has 0 bridgehead atoms. The molecule has 0 saturated carbocycles. The molecule has 0 unspecified atom stereocenters. The Morgan fingerprint density at radius 2 is 2.05 bits per heavy atom. The predicted molar refractivity (Wildman–Crippen MR) is 86.8 cm³/mol. The molecule has 1 aromatic carbocycles. The molecule has 1 fully saturated rings. The van der Waals surface area contributed by atoms with E-state index in [1.165, 1.54) is 11.3 Å². The lowest BCUT2D eigenvalue weighted by Gasteiger charge is -2.09. The van der Waals surface area contributed by atoms with Gasteiger partial charge in [-0.2, -0.15) is 0 Å². The van der Waals surface area contributed by atoms with Crippen LogP contribution < -0.4 is 5.32 Å². The highest BCUT2D eigenvalue weighted by molar-refractivity contribution is 7.91. The molecule has 7 heteroatoms. The average Bonchev–Trinajstić information content (AvgIpc) is 3.02. The normalized spacial score (nSPS) is 20.0. The maximum atomic E-state index is 12.3. The molecule has 1 aliphatic rings. The summed E-state index contributed by atoms with van der Waals surface area (Å²) in [4.78, 5) is 17.3. The highest BCUT2D eigenvalue weighted by atomic mass is 32.2. The molecule has 5 nitrogen and oxygen atoms in total. The molecular weight excluding hydrogens is 320 g/mol. The van der Waals surface area contributed by atoms with Crippen LogP contribution >= 0.6 is 11.3 Å². The molecule has 0 aliphatic carbocycles. The van der Waals surface area contributed by atoms with Crippen molar-refractivity contribution >= 4 is 27.1 Å². The maximum Gasteiger partial charge on any atom is 0.263 e. The minimum atomic E-state index is -3.00. The van der Waals surface area contributed by atoms with Crippen LogP contribution in [0.25, 0.3) is 10.6 Å². The predicted octanol–water partition coefficient (Wildman–Crippen LogP) is 2.04. The van der Waals surface area contributed by atoms with Gasteiger partial charge in [0, 0.05) is 11.6 Å². The van der Waals surface area contributed by atoms with Gasteiger partial charge < -0.3 is 5.32 Å². The van der Waals surface area contributed by atoms with Crippen molar-refractivity contribution in [3.63, 3.8) is 0 Å². The Hall–Kier alpha value is -1.73. The van der Waals surface area contributed by atoms with Gasteiger partial charge >= 0.3 is 0 Å². The first-order valence-corrected chi connectivity index (χ1v) is 9.62. The first-order chi connectivity index (χ1) is 10.4. The van der Waals surface area contributed by atoms with Crippen LogP contribution in [0.1, 0.15) is 21.8 Å². The van der Waals surface area contributed by atoms with E-state index in [9.17, 15) is 13.2 Å². The monoisotopic (exact) mass is 336 g/mol. The number of hydrogen-bond acceptors (Lipinski definition) is 5. The van der Waals surface area contributed by atoms with Crippen molar-refractivity contribution in [2.75, 3.05) is 11.5 Å². The van der Waals surface area contributed by atoms with E-state index in [1.54, 1.807) is 6.92 Å². The summed E-state index contributed by atoms with van der Waals surface area (Å²) in [7, 11) is -3.00. The Labute approximate surface area is 133 Å². The molecule has 22 heavy (non-hydrogen) atoms. The summed E-state index contributed by atoms with van der Waals surface area (Å²) in [6, 6.07) is 9.38. The van der Waals surface area contributed by atoms with Gasteiger partial charge in [-0.15, -0.1) is 11.3 Å². The maximum absolute atomic E-state index is 12.3. The molecule has 0 radical (unpaired) electrons. The molecule has 1 N–H and O–H groups in total. The minimum absolute atomic E-state index is 0.0299. The molecule has 0 spiro atoms. The van der Waals surface area contributed by atoms with Crippen molar-refractivity contribution in [2.24, 2.45) is 0 Å². The van der Waals surface area contributed by atoms with Crippen LogP contribution in [0.3, 0.4) is 0 Å². The largest absolute Gasteiger partial charge is 0.347 e. The number of sulfone groups is 1. The highest BCUT2D eigenvalue weighted by Gasteiger charge is 2.30. The van der Waals surface area contributed by atoms with E-state index >= 15 is 0 Å². The van der Waals surface area contributed by atoms with Gasteiger partial charge in [-0.3, -0.25) is 4.79 Å². The third-order valence-electron chi connectivity index (χ3n) is 3.59. The van der Waals surface area contributed by atoms with Gasteiger partial charge in [-0.1, -0.05) is 30.3 Å². The molecule has 1 aromatic heterocycles. The van der Waals surface area contributed by atoms with Crippen molar-refractivity contribution in [1.29, 1.82) is 0 Å². The van der Waals surface area contributed by atoms with E-state index in [0.717, 1.165) is 10.6 Å². The van der Waals surface area contributed by atoms with E-state index in [2.05, 4.69) is 10.3 Å². The molecule has 3 rings (SSSR count). The Kier molecular flexibility index (Phi) is 4.01. The third kappa shape index (κ3) is 3.20. The lowest BCUT2D eigenvalue weighted by atomic mass is 10.2. The summed E-state index contributed by atoms with van der Waals surface area (Å²) < 4.78 is 22.9. The van der Waals surface area contributed by atoms with Crippen LogP contribution in [0.15, 0.2) is 30.3 Å². The van der Waals surface area contributed by atoms with Gasteiger partial charge in [-0.05, 0) is 13.3 Å². The van der Waals surface area contributed by atoms with Crippen LogP contribution in [0, 0.1) is 6.92 Å². The van der Waals surface area contributed by atoms with Gasteiger partial charge in [0.15, 0.2) is 9.84 Å². The number of carbonyl (C=O) groups is 1. The van der Waals surface area contributed by atoms with E-state index in [0.29, 0.717) is 17.0 Å². The van der Waals surface area contributed by atoms with Crippen molar-refractivity contribution in [2.45, 2.75) is 19.4 Å². The van der Waals surface area contributed by atoms with Crippen LogP contribution in [-0.2, 0) is 9.84 Å². The summed E-state index contributed by atoms with van der Waals surface area (Å²) in [5.41, 5.74) is 1.64. The first kappa shape index (κ1) is 15.2. The number of amides is 1. The molecule has 116 valence electrons. The van der Waals surface area contributed by atoms with E-state index in [4.69, 9.17) is 0 Å². The topological polar surface area (TPSA) is 76.1 Å². The summed E-state index contributed by atoms with van der Waals surface area (Å²) >= 11 is 1.33. The highest BCUT2D eigenvalue weighted by Crippen LogP contribution is 2.28. The summed E-state index contributed by atoms with van der Waals surface area (Å²) in [5, 5.41) is 3.60. The number of thiazole rings is 1. The Balaban J connectivity index is 1.78. The Morgan fingerprint density at radius 1 is 1.32 bits per heavy atom. The van der Waals surface area contributed by atoms with E-state index in [1.807, 2.05) is 30.3 Å². The first-order valence-electron chi connectivity index (χ1n) is 6.99. The second-order valence-corrected chi connectivity index (χ2v) is 8.60. The fourth-order valence-corrected chi connectivity index (χ4v) is 5.12. The zero-order valence-electron chi connectivity index (χ0n) is 12.1. The van der Waals surface area contributed by atoms with Gasteiger partial charge in [0.1, 0.15) is 9.88 Å². The van der Waals surface area contributed by atoms with Gasteiger partial charge in [0.2, 0.25) is 0 Å². The van der Waals surface area contributed by atoms with E-state index in [-0.39, 0.29) is 23.5 Å². The summed E-state index contributed by atoms with van der Waals surface area (Å²) in [5.74, 6) is -0.0592. The van der Waals surface area contributed by atoms with Gasteiger partial charge in [0.25, 0.3) is 5.91 Å². The van der Waals surface area contributed by atoms with Crippen molar-refractivity contribution < 1.29 is 13.2 Å². The third-order valence-corrected chi connectivity index (χ3v) is 6.56. The molecule has 1 aliphatic heterocycles. The zero-order valence-corrected chi connectivity index (χ0v) is 13.7. The lowest BCUT2D eigenvalue weighted by Crippen LogP contribution is -2.35. The van der Waals surface area contributed by atoms with Crippen molar-refractivity contribution in [3.05, 3.63) is 40.9 Å². The molecule has 1 amide bonds. The number of carbonyl (C=O) groups excluding carboxylic acids is 1. The second kappa shape index (κ2) is 5.81. The number of aryl methyl sites for hydroxylation is 1. The van der Waals surface area contributed by atoms with Crippen molar-refractivity contribution in [1.82, 2.24) is 10.3 Å². The molecular formula is C15H16N2O3S2. The summed E-state index contributed by atoms with van der Waals surface area (Å²) in [6.45, 7) is 1.79. The van der Waals surface area contributed by atoms with Crippen LogP contribution in [0.5, 0.6) is 0 Å². The lowest BCUT2D eigenvalue weighted by molar-refractivity contribution is 0.0944. The zero-order chi connectivity index (χ0) is 15.7. The minimum Gasteiger partial charge on any atom is -0.347 e. The fourth-order valence-electron chi connectivity index (χ4n) is 2.47. The number of aromatic nitrogens is 1. The van der Waals surface area contributed by atoms with Crippen LogP contribution in [-0.4, -0.2) is 36.9 Å². The van der Waals surface area contributed by atoms with E-state index < -0.39 is 9.84 Å². The number of benzene rings is 1. The Morgan fingerprint density at radius 3 is 2.68 bits per heavy atom. The number of rotatable bonds is 3. The van der Waals surface area contributed by atoms with Crippen molar-refractivity contribution in [3.8, 4) is 10.6 Å². The number of hydrogen-bond donors (Lipinski definition) is 1. The summed E-state index contributed by atoms with van der Waals surface area (Å²) in [6.07, 6.45) is 0.484. The Bertz CT molecular complexity index is 797. The fraction of sp³-hybridized carbons (Fsp3) is 0.333. The van der Waals surface area contributed by atoms with Gasteiger partial charge in [-0.25, -0.2) is 13.4 Å². The number of nitrogens with zero attached hydrogens (tertiary/aromatic N) is 1. The SMILES string of the molecule is Cc1nc(-c2ccccc2)sc1C(=O)N[C@H]1CCS(=O)(=O)C1.